The molecule has 0 spiro atoms. The van der Waals surface area contributed by atoms with Crippen molar-refractivity contribution < 1.29 is 0 Å². The number of rotatable bonds is 6. The van der Waals surface area contributed by atoms with Gasteiger partial charge in [-0.15, -0.1) is 0 Å². The molecule has 0 heterocycles. The number of hydrogen-bond acceptors (Lipinski definition) is 1. The van der Waals surface area contributed by atoms with Crippen LogP contribution in [0, 0.1) is 22.7 Å². The van der Waals surface area contributed by atoms with Crippen molar-refractivity contribution in [1.82, 2.24) is 0 Å². The minimum Gasteiger partial charge on any atom is -0.283 e. The fourth-order valence-electron chi connectivity index (χ4n) is 8.54. The van der Waals surface area contributed by atoms with E-state index in [1.54, 1.807) is 11.1 Å². The van der Waals surface area contributed by atoms with E-state index in [0.717, 1.165) is 68.2 Å². The number of amidine groups is 1. The summed E-state index contributed by atoms with van der Waals surface area (Å²) in [4.78, 5) is 4.96. The third kappa shape index (κ3) is 6.32. The van der Waals surface area contributed by atoms with E-state index in [4.69, 9.17) is 10.4 Å². The number of fused-ring (bicyclic) bond motifs is 2. The summed E-state index contributed by atoms with van der Waals surface area (Å²) in [6, 6.07) is 20.0. The predicted molar refractivity (Wildman–Crippen MR) is 196 cm³/mol. The Morgan fingerprint density at radius 2 is 1.63 bits per heavy atom. The van der Waals surface area contributed by atoms with E-state index in [1.165, 1.54) is 35.1 Å². The van der Waals surface area contributed by atoms with Crippen LogP contribution < -0.4 is 0 Å². The molecule has 234 valence electrons. The Kier molecular flexibility index (Phi) is 8.89. The smallest absolute Gasteiger partial charge is 0.148 e. The fourth-order valence-corrected chi connectivity index (χ4v) is 8.54. The van der Waals surface area contributed by atoms with Crippen LogP contribution in [0.1, 0.15) is 101 Å². The summed E-state index contributed by atoms with van der Waals surface area (Å²) in [5, 5.41) is 8.82. The molecule has 46 heavy (non-hydrogen) atoms. The number of aliphatic imine (C=N–C) groups is 1. The van der Waals surface area contributed by atoms with Gasteiger partial charge in [-0.2, -0.15) is 0 Å². The molecule has 3 atom stereocenters. The van der Waals surface area contributed by atoms with Crippen LogP contribution in [-0.2, 0) is 0 Å². The average molecular weight is 605 g/mol. The molecular weight excluding hydrogens is 556 g/mol. The van der Waals surface area contributed by atoms with Crippen LogP contribution in [0.5, 0.6) is 0 Å². The Bertz CT molecular complexity index is 1720. The van der Waals surface area contributed by atoms with E-state index >= 15 is 0 Å². The molecule has 0 amide bonds. The van der Waals surface area contributed by atoms with Crippen LogP contribution in [0.25, 0.3) is 11.6 Å². The first kappa shape index (κ1) is 30.6. The van der Waals surface area contributed by atoms with Crippen molar-refractivity contribution >= 4 is 23.2 Å². The summed E-state index contributed by atoms with van der Waals surface area (Å²) in [7, 11) is 0. The lowest BCUT2D eigenvalue weighted by atomic mass is 9.72. The molecule has 2 nitrogen and oxygen atoms in total. The SMILES string of the molecule is CC1(C)C2=C(C=C(c3ccc(C4CCC=C(C(/C=C/c5ccccc5)=NC(=N)C5=CCCCC5)CC4)cc3)CC2)[C@@H]2C=CC=CC21. The zero-order chi connectivity index (χ0) is 31.5. The summed E-state index contributed by atoms with van der Waals surface area (Å²) in [6.07, 6.45) is 31.8. The summed E-state index contributed by atoms with van der Waals surface area (Å²) in [6.45, 7) is 4.90. The molecule has 5 aliphatic rings. The van der Waals surface area contributed by atoms with Gasteiger partial charge >= 0.3 is 0 Å². The molecule has 0 saturated carbocycles. The second kappa shape index (κ2) is 13.4. The Balaban J connectivity index is 1.06. The number of nitrogens with one attached hydrogen (secondary N) is 1. The second-order valence-corrected chi connectivity index (χ2v) is 14.4. The van der Waals surface area contributed by atoms with Gasteiger partial charge in [-0.3, -0.25) is 5.41 Å². The van der Waals surface area contributed by atoms with E-state index in [-0.39, 0.29) is 5.41 Å². The van der Waals surface area contributed by atoms with Crippen molar-refractivity contribution in [3.05, 3.63) is 142 Å². The van der Waals surface area contributed by atoms with Crippen molar-refractivity contribution in [2.24, 2.45) is 22.2 Å². The molecular formula is C44H48N2. The van der Waals surface area contributed by atoms with Gasteiger partial charge in [0.2, 0.25) is 0 Å². The number of nitrogens with zero attached hydrogens (tertiary/aromatic N) is 1. The Morgan fingerprint density at radius 3 is 2.43 bits per heavy atom. The third-order valence-corrected chi connectivity index (χ3v) is 11.2. The molecule has 0 fully saturated rings. The molecule has 2 heteroatoms. The normalized spacial score (nSPS) is 25.8. The largest absolute Gasteiger partial charge is 0.283 e. The van der Waals surface area contributed by atoms with Crippen LogP contribution in [0.2, 0.25) is 0 Å². The summed E-state index contributed by atoms with van der Waals surface area (Å²) in [5.74, 6) is 2.09. The van der Waals surface area contributed by atoms with Gasteiger partial charge < -0.3 is 0 Å². The third-order valence-electron chi connectivity index (χ3n) is 11.2. The quantitative estimate of drug-likeness (QED) is 0.252. The zero-order valence-electron chi connectivity index (χ0n) is 27.6. The first-order valence-corrected chi connectivity index (χ1v) is 17.7. The van der Waals surface area contributed by atoms with E-state index in [1.807, 2.05) is 0 Å². The molecule has 2 aromatic rings. The van der Waals surface area contributed by atoms with E-state index in [2.05, 4.69) is 123 Å². The summed E-state index contributed by atoms with van der Waals surface area (Å²) < 4.78 is 0. The first-order chi connectivity index (χ1) is 22.5. The highest BCUT2D eigenvalue weighted by atomic mass is 14.8. The molecule has 5 aliphatic carbocycles. The lowest BCUT2D eigenvalue weighted by molar-refractivity contribution is 0.310. The molecule has 0 bridgehead atoms. The zero-order valence-corrected chi connectivity index (χ0v) is 27.6. The van der Waals surface area contributed by atoms with Crippen LogP contribution in [0.4, 0.5) is 0 Å². The molecule has 2 unspecified atom stereocenters. The lowest BCUT2D eigenvalue weighted by Crippen LogP contribution is -2.24. The maximum atomic E-state index is 8.82. The standard InChI is InChI=1S/C44H48N2/c1-44(2)40-19-10-9-18-38(40)39-30-37(27-28-41(39)44)34-23-21-33(22-24-34)32-16-11-17-35(26-25-32)42(29-20-31-12-5-3-6-13-31)46-43(45)36-14-7-4-8-15-36/h3,5-6,9-10,12-14,17-24,29-30,32,38,40,45H,4,7-8,11,15-16,25-28H2,1-2H3/b29-20+,45-43?,46-42?/t32?,38-,40?/m0/s1. The molecule has 0 saturated heterocycles. The molecule has 1 N–H and O–H groups in total. The summed E-state index contributed by atoms with van der Waals surface area (Å²) >= 11 is 0. The van der Waals surface area contributed by atoms with Gasteiger partial charge in [0.05, 0.1) is 5.71 Å². The van der Waals surface area contributed by atoms with Gasteiger partial charge in [0.1, 0.15) is 5.84 Å². The highest BCUT2D eigenvalue weighted by molar-refractivity contribution is 6.17. The predicted octanol–water partition coefficient (Wildman–Crippen LogP) is 11.8. The Labute approximate surface area is 276 Å². The van der Waals surface area contributed by atoms with Crippen LogP contribution >= 0.6 is 0 Å². The molecule has 7 rings (SSSR count). The molecule has 0 aromatic heterocycles. The van der Waals surface area contributed by atoms with Crippen molar-refractivity contribution in [3.63, 3.8) is 0 Å². The highest BCUT2D eigenvalue weighted by Crippen LogP contribution is 2.57. The van der Waals surface area contributed by atoms with Crippen molar-refractivity contribution in [2.75, 3.05) is 0 Å². The van der Waals surface area contributed by atoms with E-state index < -0.39 is 0 Å². The summed E-state index contributed by atoms with van der Waals surface area (Å²) in [5.41, 5.74) is 12.3. The minimum atomic E-state index is 0.245. The number of benzene rings is 2. The van der Waals surface area contributed by atoms with Crippen LogP contribution in [0.15, 0.2) is 130 Å². The van der Waals surface area contributed by atoms with Gasteiger partial charge in [0.25, 0.3) is 0 Å². The molecule has 2 aromatic carbocycles. The van der Waals surface area contributed by atoms with Crippen molar-refractivity contribution in [3.8, 4) is 0 Å². The molecule has 0 aliphatic heterocycles. The van der Waals surface area contributed by atoms with Gasteiger partial charge in [0, 0.05) is 5.92 Å². The Morgan fingerprint density at radius 1 is 0.826 bits per heavy atom. The Hall–Kier alpha value is -4.04. The van der Waals surface area contributed by atoms with Gasteiger partial charge in [-0.25, -0.2) is 4.99 Å². The topological polar surface area (TPSA) is 36.2 Å². The highest BCUT2D eigenvalue weighted by Gasteiger charge is 2.46. The monoisotopic (exact) mass is 604 g/mol. The van der Waals surface area contributed by atoms with E-state index in [9.17, 15) is 0 Å². The van der Waals surface area contributed by atoms with Crippen molar-refractivity contribution in [1.29, 1.82) is 5.41 Å². The maximum Gasteiger partial charge on any atom is 0.148 e. The minimum absolute atomic E-state index is 0.245. The number of allylic oxidation sites excluding steroid dienone is 12. The van der Waals surface area contributed by atoms with Gasteiger partial charge in [0.15, 0.2) is 0 Å². The van der Waals surface area contributed by atoms with Crippen molar-refractivity contribution in [2.45, 2.75) is 84.0 Å². The molecule has 0 radical (unpaired) electrons. The first-order valence-electron chi connectivity index (χ1n) is 17.7. The van der Waals surface area contributed by atoms with E-state index in [0.29, 0.717) is 23.6 Å². The van der Waals surface area contributed by atoms with Crippen LogP contribution in [0.3, 0.4) is 0 Å². The number of hydrogen-bond donors (Lipinski definition) is 1. The fraction of sp³-hybridized carbons (Fsp3) is 0.364. The van der Waals surface area contributed by atoms with Gasteiger partial charge in [-0.1, -0.05) is 123 Å². The van der Waals surface area contributed by atoms with Crippen LogP contribution in [-0.4, -0.2) is 11.5 Å². The second-order valence-electron chi connectivity index (χ2n) is 14.4. The average Bonchev–Trinajstić information content (AvgIpc) is 3.23. The lowest BCUT2D eigenvalue weighted by Gasteiger charge is -2.32. The van der Waals surface area contributed by atoms with Gasteiger partial charge in [-0.05, 0) is 127 Å². The maximum absolute atomic E-state index is 8.82.